The van der Waals surface area contributed by atoms with Crippen LogP contribution in [0.25, 0.3) is 0 Å². The summed E-state index contributed by atoms with van der Waals surface area (Å²) in [6.07, 6.45) is 0. The molecule has 0 aliphatic heterocycles. The lowest BCUT2D eigenvalue weighted by atomic mass is 10.3. The first-order valence-corrected chi connectivity index (χ1v) is 8.84. The minimum atomic E-state index is -4.25. The van der Waals surface area contributed by atoms with Crippen molar-refractivity contribution in [3.8, 4) is 11.5 Å². The topological polar surface area (TPSA) is 82.1 Å². The van der Waals surface area contributed by atoms with E-state index in [2.05, 4.69) is 4.74 Å². The molecule has 0 fully saturated rings. The molecule has 0 spiro atoms. The molecule has 140 valence electrons. The summed E-state index contributed by atoms with van der Waals surface area (Å²) < 4.78 is 55.3. The van der Waals surface area contributed by atoms with E-state index < -0.39 is 28.4 Å². The number of anilines is 1. The number of halogens is 1. The van der Waals surface area contributed by atoms with E-state index >= 15 is 0 Å². The lowest BCUT2D eigenvalue weighted by molar-refractivity contribution is -0.138. The standard InChI is InChI=1S/C17H18FNO6S/c1-23-13-6-4-5-12(9-13)19(11-17(20)25-3)26(21,22)14-7-8-16(24-2)15(18)10-14/h4-10H,11H2,1-3H3. The maximum Gasteiger partial charge on any atom is 0.326 e. The van der Waals surface area contributed by atoms with Crippen LogP contribution in [0.5, 0.6) is 11.5 Å². The third kappa shape index (κ3) is 4.05. The highest BCUT2D eigenvalue weighted by Crippen LogP contribution is 2.29. The zero-order valence-corrected chi connectivity index (χ0v) is 15.2. The molecule has 26 heavy (non-hydrogen) atoms. The summed E-state index contributed by atoms with van der Waals surface area (Å²) in [5.41, 5.74) is 0.172. The molecule has 0 atom stereocenters. The minimum Gasteiger partial charge on any atom is -0.497 e. The van der Waals surface area contributed by atoms with Crippen LogP contribution in [0.15, 0.2) is 47.4 Å². The van der Waals surface area contributed by atoms with Gasteiger partial charge in [-0.05, 0) is 30.3 Å². The quantitative estimate of drug-likeness (QED) is 0.682. The molecule has 2 aromatic rings. The molecule has 9 heteroatoms. The number of carbonyl (C=O) groups is 1. The number of ether oxygens (including phenoxy) is 3. The molecular formula is C17H18FNO6S. The van der Waals surface area contributed by atoms with Crippen LogP contribution in [0.4, 0.5) is 10.1 Å². The Balaban J connectivity index is 2.55. The first kappa shape index (κ1) is 19.5. The van der Waals surface area contributed by atoms with Crippen molar-refractivity contribution in [2.24, 2.45) is 0 Å². The highest BCUT2D eigenvalue weighted by molar-refractivity contribution is 7.92. The fraction of sp³-hybridized carbons (Fsp3) is 0.235. The summed E-state index contributed by atoms with van der Waals surface area (Å²) in [5.74, 6) is -1.30. The summed E-state index contributed by atoms with van der Waals surface area (Å²) in [6.45, 7) is -0.584. The summed E-state index contributed by atoms with van der Waals surface area (Å²) in [7, 11) is -0.408. The van der Waals surface area contributed by atoms with Crippen LogP contribution in [-0.2, 0) is 19.6 Å². The SMILES string of the molecule is COC(=O)CN(c1cccc(OC)c1)S(=O)(=O)c1ccc(OC)c(F)c1. The van der Waals surface area contributed by atoms with Crippen molar-refractivity contribution in [1.29, 1.82) is 0 Å². The molecule has 2 rings (SSSR count). The number of sulfonamides is 1. The second kappa shape index (κ2) is 8.05. The fourth-order valence-electron chi connectivity index (χ4n) is 2.20. The molecule has 0 aromatic heterocycles. The van der Waals surface area contributed by atoms with E-state index in [1.54, 1.807) is 12.1 Å². The maximum absolute atomic E-state index is 14.0. The molecular weight excluding hydrogens is 365 g/mol. The number of rotatable bonds is 7. The predicted molar refractivity (Wildman–Crippen MR) is 92.5 cm³/mol. The molecule has 0 aliphatic rings. The van der Waals surface area contributed by atoms with Crippen LogP contribution in [0, 0.1) is 5.82 Å². The van der Waals surface area contributed by atoms with E-state index in [1.165, 1.54) is 38.5 Å². The molecule has 0 unspecified atom stereocenters. The predicted octanol–water partition coefficient (Wildman–Crippen LogP) is 2.21. The minimum absolute atomic E-state index is 0.0927. The van der Waals surface area contributed by atoms with Gasteiger partial charge in [0.2, 0.25) is 0 Å². The first-order valence-electron chi connectivity index (χ1n) is 7.40. The van der Waals surface area contributed by atoms with E-state index in [0.29, 0.717) is 5.75 Å². The summed E-state index contributed by atoms with van der Waals surface area (Å²) in [6, 6.07) is 9.36. The van der Waals surface area contributed by atoms with Crippen LogP contribution in [0.1, 0.15) is 0 Å². The van der Waals surface area contributed by atoms with Crippen molar-refractivity contribution in [2.45, 2.75) is 4.90 Å². The Morgan fingerprint density at radius 1 is 1.08 bits per heavy atom. The second-order valence-corrected chi connectivity index (χ2v) is 6.95. The molecule has 0 bridgehead atoms. The monoisotopic (exact) mass is 383 g/mol. The van der Waals surface area contributed by atoms with Gasteiger partial charge >= 0.3 is 5.97 Å². The van der Waals surface area contributed by atoms with E-state index in [1.807, 2.05) is 0 Å². The number of hydrogen-bond donors (Lipinski definition) is 0. The van der Waals surface area contributed by atoms with Crippen LogP contribution < -0.4 is 13.8 Å². The Hall–Kier alpha value is -2.81. The van der Waals surface area contributed by atoms with Gasteiger partial charge in [0, 0.05) is 6.07 Å². The molecule has 0 radical (unpaired) electrons. The van der Waals surface area contributed by atoms with Crippen LogP contribution in [0.3, 0.4) is 0 Å². The molecule has 0 amide bonds. The van der Waals surface area contributed by atoms with Crippen molar-refractivity contribution in [2.75, 3.05) is 32.2 Å². The van der Waals surface area contributed by atoms with Crippen molar-refractivity contribution in [1.82, 2.24) is 0 Å². The Labute approximate surface area is 151 Å². The zero-order valence-electron chi connectivity index (χ0n) is 14.4. The van der Waals surface area contributed by atoms with Gasteiger partial charge in [0.1, 0.15) is 12.3 Å². The van der Waals surface area contributed by atoms with E-state index in [-0.39, 0.29) is 16.3 Å². The second-order valence-electron chi connectivity index (χ2n) is 5.09. The van der Waals surface area contributed by atoms with Crippen molar-refractivity contribution in [3.63, 3.8) is 0 Å². The Bertz CT molecular complexity index is 900. The summed E-state index contributed by atoms with van der Waals surface area (Å²) >= 11 is 0. The largest absolute Gasteiger partial charge is 0.497 e. The van der Waals surface area contributed by atoms with Gasteiger partial charge in [-0.2, -0.15) is 0 Å². The zero-order chi connectivity index (χ0) is 19.3. The third-order valence-corrected chi connectivity index (χ3v) is 5.32. The number of carbonyl (C=O) groups excluding carboxylic acids is 1. The fourth-order valence-corrected chi connectivity index (χ4v) is 3.61. The van der Waals surface area contributed by atoms with Crippen LogP contribution in [0.2, 0.25) is 0 Å². The lowest BCUT2D eigenvalue weighted by Crippen LogP contribution is -2.36. The van der Waals surface area contributed by atoms with Crippen molar-refractivity contribution >= 4 is 21.7 Å². The molecule has 0 saturated heterocycles. The maximum atomic E-state index is 14.0. The lowest BCUT2D eigenvalue weighted by Gasteiger charge is -2.24. The third-order valence-electron chi connectivity index (χ3n) is 3.55. The van der Waals surface area contributed by atoms with Gasteiger partial charge in [-0.1, -0.05) is 6.07 Å². The van der Waals surface area contributed by atoms with Crippen molar-refractivity contribution < 1.29 is 31.8 Å². The van der Waals surface area contributed by atoms with Gasteiger partial charge in [0.15, 0.2) is 11.6 Å². The number of nitrogens with zero attached hydrogens (tertiary/aromatic N) is 1. The van der Waals surface area contributed by atoms with Gasteiger partial charge in [-0.15, -0.1) is 0 Å². The van der Waals surface area contributed by atoms with Gasteiger partial charge < -0.3 is 14.2 Å². The normalized spacial score (nSPS) is 10.9. The van der Waals surface area contributed by atoms with Gasteiger partial charge in [-0.3, -0.25) is 9.10 Å². The van der Waals surface area contributed by atoms with Gasteiger partial charge in [-0.25, -0.2) is 12.8 Å². The number of hydrogen-bond acceptors (Lipinski definition) is 6. The van der Waals surface area contributed by atoms with Crippen LogP contribution >= 0.6 is 0 Å². The molecule has 2 aromatic carbocycles. The average molecular weight is 383 g/mol. The Morgan fingerprint density at radius 2 is 1.81 bits per heavy atom. The average Bonchev–Trinajstić information content (AvgIpc) is 2.65. The summed E-state index contributed by atoms with van der Waals surface area (Å²) in [5, 5.41) is 0. The highest BCUT2D eigenvalue weighted by atomic mass is 32.2. The van der Waals surface area contributed by atoms with E-state index in [0.717, 1.165) is 17.5 Å². The molecule has 0 aliphatic carbocycles. The van der Waals surface area contributed by atoms with Crippen LogP contribution in [-0.4, -0.2) is 42.3 Å². The molecule has 0 saturated carbocycles. The Morgan fingerprint density at radius 3 is 2.38 bits per heavy atom. The molecule has 0 heterocycles. The number of methoxy groups -OCH3 is 3. The highest BCUT2D eigenvalue weighted by Gasteiger charge is 2.28. The van der Waals surface area contributed by atoms with E-state index in [9.17, 15) is 17.6 Å². The van der Waals surface area contributed by atoms with E-state index in [4.69, 9.17) is 9.47 Å². The van der Waals surface area contributed by atoms with Gasteiger partial charge in [0.25, 0.3) is 10.0 Å². The summed E-state index contributed by atoms with van der Waals surface area (Å²) in [4.78, 5) is 11.4. The Kier molecular flexibility index (Phi) is 6.04. The number of benzene rings is 2. The molecule has 0 N–H and O–H groups in total. The smallest absolute Gasteiger partial charge is 0.326 e. The van der Waals surface area contributed by atoms with Gasteiger partial charge in [0.05, 0.1) is 31.9 Å². The van der Waals surface area contributed by atoms with Crippen molar-refractivity contribution in [3.05, 3.63) is 48.3 Å². The molecule has 7 nitrogen and oxygen atoms in total. The first-order chi connectivity index (χ1) is 12.3. The number of esters is 1.